The number of aromatic nitrogens is 1. The number of hydrogen-bond acceptors (Lipinski definition) is 6. The zero-order valence-corrected chi connectivity index (χ0v) is 20.5. The monoisotopic (exact) mass is 484 g/mol. The van der Waals surface area contributed by atoms with E-state index < -0.39 is 7.12 Å². The summed E-state index contributed by atoms with van der Waals surface area (Å²) in [6.07, 6.45) is 0. The van der Waals surface area contributed by atoms with Gasteiger partial charge in [0.25, 0.3) is 0 Å². The molecular formula is C27H29BN4O4. The molecule has 1 heterocycles. The maximum Gasteiger partial charge on any atom is 0.488 e. The number of benzene rings is 3. The van der Waals surface area contributed by atoms with Gasteiger partial charge in [-0.05, 0) is 49.9 Å². The Kier molecular flexibility index (Phi) is 7.54. The quantitative estimate of drug-likeness (QED) is 0.227. The van der Waals surface area contributed by atoms with Crippen LogP contribution in [0.3, 0.4) is 0 Å². The Balaban J connectivity index is 1.78. The zero-order valence-electron chi connectivity index (χ0n) is 20.5. The van der Waals surface area contributed by atoms with Gasteiger partial charge in [-0.3, -0.25) is 4.79 Å². The van der Waals surface area contributed by atoms with Crippen LogP contribution in [0.15, 0.2) is 77.8 Å². The minimum atomic E-state index is -1.61. The fourth-order valence-electron chi connectivity index (χ4n) is 4.07. The number of rotatable bonds is 8. The molecule has 3 aromatic carbocycles. The summed E-state index contributed by atoms with van der Waals surface area (Å²) < 4.78 is 0. The molecule has 4 aromatic rings. The van der Waals surface area contributed by atoms with Crippen LogP contribution in [-0.4, -0.2) is 71.0 Å². The predicted octanol–water partition coefficient (Wildman–Crippen LogP) is 2.64. The van der Waals surface area contributed by atoms with Crippen LogP contribution in [0.5, 0.6) is 5.88 Å². The number of carbonyl (C=O) groups excluding carboxylic acids is 1. The molecular weight excluding hydrogens is 455 g/mol. The van der Waals surface area contributed by atoms with E-state index in [9.17, 15) is 19.9 Å². The van der Waals surface area contributed by atoms with Crippen LogP contribution < -0.4 is 10.4 Å². The maximum absolute atomic E-state index is 12.2. The fraction of sp³-hybridized carbons (Fsp3) is 0.185. The van der Waals surface area contributed by atoms with Crippen molar-refractivity contribution in [2.45, 2.75) is 6.92 Å². The zero-order chi connectivity index (χ0) is 25.8. The molecule has 184 valence electrons. The van der Waals surface area contributed by atoms with E-state index in [0.717, 1.165) is 17.8 Å². The number of amides is 1. The SMILES string of the molecule is CC(=O)N(CCN(C)C)c1ccc(N=C(c2ccccc2)c2c(O)[nH]c3cc(B(O)O)ccc23)cc1. The van der Waals surface area contributed by atoms with Gasteiger partial charge >= 0.3 is 7.12 Å². The van der Waals surface area contributed by atoms with Gasteiger partial charge in [-0.15, -0.1) is 0 Å². The van der Waals surface area contributed by atoms with Gasteiger partial charge in [0.05, 0.1) is 17.0 Å². The largest absolute Gasteiger partial charge is 0.494 e. The molecule has 36 heavy (non-hydrogen) atoms. The summed E-state index contributed by atoms with van der Waals surface area (Å²) in [6.45, 7) is 2.87. The van der Waals surface area contributed by atoms with E-state index in [2.05, 4.69) is 4.98 Å². The number of fused-ring (bicyclic) bond motifs is 1. The van der Waals surface area contributed by atoms with Crippen molar-refractivity contribution >= 4 is 46.5 Å². The van der Waals surface area contributed by atoms with Crippen LogP contribution in [-0.2, 0) is 4.79 Å². The van der Waals surface area contributed by atoms with Crippen molar-refractivity contribution in [3.63, 3.8) is 0 Å². The molecule has 0 unspecified atom stereocenters. The van der Waals surface area contributed by atoms with E-state index in [1.807, 2.05) is 73.6 Å². The second-order valence-electron chi connectivity index (χ2n) is 8.84. The van der Waals surface area contributed by atoms with Crippen molar-refractivity contribution < 1.29 is 19.9 Å². The van der Waals surface area contributed by atoms with E-state index in [1.165, 1.54) is 0 Å². The Labute approximate surface area is 210 Å². The van der Waals surface area contributed by atoms with Crippen LogP contribution in [0, 0.1) is 0 Å². The third kappa shape index (κ3) is 5.49. The Morgan fingerprint density at radius 2 is 1.67 bits per heavy atom. The summed E-state index contributed by atoms with van der Waals surface area (Å²) in [7, 11) is 2.32. The minimum Gasteiger partial charge on any atom is -0.494 e. The summed E-state index contributed by atoms with van der Waals surface area (Å²) in [5, 5.41) is 30.6. The fourth-order valence-corrected chi connectivity index (χ4v) is 4.07. The Morgan fingerprint density at radius 1 is 0.972 bits per heavy atom. The number of H-pyrrole nitrogens is 1. The molecule has 0 radical (unpaired) electrons. The molecule has 0 atom stereocenters. The molecule has 0 aliphatic carbocycles. The number of aromatic amines is 1. The average Bonchev–Trinajstić information content (AvgIpc) is 3.18. The number of aliphatic imine (C=N–C) groups is 1. The number of anilines is 1. The van der Waals surface area contributed by atoms with Crippen LogP contribution in [0.25, 0.3) is 10.9 Å². The second-order valence-corrected chi connectivity index (χ2v) is 8.84. The van der Waals surface area contributed by atoms with Crippen molar-refractivity contribution in [3.05, 3.63) is 83.9 Å². The molecule has 0 saturated heterocycles. The van der Waals surface area contributed by atoms with E-state index in [0.29, 0.717) is 39.9 Å². The predicted molar refractivity (Wildman–Crippen MR) is 145 cm³/mol. The molecule has 4 rings (SSSR count). The number of likely N-dealkylation sites (N-methyl/N-ethyl adjacent to an activating group) is 1. The van der Waals surface area contributed by atoms with Gasteiger partial charge in [-0.2, -0.15) is 0 Å². The number of nitrogens with zero attached hydrogens (tertiary/aromatic N) is 3. The van der Waals surface area contributed by atoms with Crippen molar-refractivity contribution in [2.75, 3.05) is 32.1 Å². The number of aromatic hydroxyl groups is 1. The van der Waals surface area contributed by atoms with Gasteiger partial charge in [0.15, 0.2) is 5.88 Å². The lowest BCUT2D eigenvalue weighted by molar-refractivity contribution is -0.116. The minimum absolute atomic E-state index is 0.0332. The number of hydrogen-bond donors (Lipinski definition) is 4. The van der Waals surface area contributed by atoms with Gasteiger partial charge in [-0.25, -0.2) is 4.99 Å². The van der Waals surface area contributed by atoms with Crippen molar-refractivity contribution in [1.29, 1.82) is 0 Å². The number of carbonyl (C=O) groups is 1. The third-order valence-electron chi connectivity index (χ3n) is 5.94. The highest BCUT2D eigenvalue weighted by Crippen LogP contribution is 2.31. The van der Waals surface area contributed by atoms with Crippen LogP contribution >= 0.6 is 0 Å². The number of nitrogens with one attached hydrogen (secondary N) is 1. The molecule has 0 fully saturated rings. The topological polar surface area (TPSA) is 112 Å². The van der Waals surface area contributed by atoms with E-state index in [-0.39, 0.29) is 11.8 Å². The molecule has 0 bridgehead atoms. The summed E-state index contributed by atoms with van der Waals surface area (Å²) in [4.78, 5) is 23.8. The first-order chi connectivity index (χ1) is 17.2. The Bertz CT molecular complexity index is 1380. The molecule has 8 nitrogen and oxygen atoms in total. The molecule has 1 aromatic heterocycles. The van der Waals surface area contributed by atoms with Crippen molar-refractivity contribution in [1.82, 2.24) is 9.88 Å². The van der Waals surface area contributed by atoms with Crippen molar-refractivity contribution in [2.24, 2.45) is 4.99 Å². The van der Waals surface area contributed by atoms with E-state index in [1.54, 1.807) is 30.0 Å². The van der Waals surface area contributed by atoms with Crippen LogP contribution in [0.4, 0.5) is 11.4 Å². The van der Waals surface area contributed by atoms with Gasteiger partial charge in [0, 0.05) is 42.2 Å². The lowest BCUT2D eigenvalue weighted by Gasteiger charge is -2.23. The molecule has 9 heteroatoms. The maximum atomic E-state index is 12.2. The van der Waals surface area contributed by atoms with E-state index in [4.69, 9.17) is 4.99 Å². The lowest BCUT2D eigenvalue weighted by atomic mass is 9.80. The van der Waals surface area contributed by atoms with Gasteiger partial charge in [0.1, 0.15) is 0 Å². The average molecular weight is 484 g/mol. The van der Waals surface area contributed by atoms with E-state index >= 15 is 0 Å². The first-order valence-electron chi connectivity index (χ1n) is 11.6. The lowest BCUT2D eigenvalue weighted by Crippen LogP contribution is -2.35. The molecule has 0 aliphatic heterocycles. The molecule has 0 spiro atoms. The normalized spacial score (nSPS) is 11.8. The standard InChI is InChI=1S/C27H29BN4O4/c1-18(33)32(16-15-31(2)3)22-12-10-21(11-13-22)29-26(19-7-5-4-6-8-19)25-23-14-9-20(28(35)36)17-24(23)30-27(25)34/h4-14,17,30,34-36H,15-16H2,1-3H3. The van der Waals surface area contributed by atoms with Gasteiger partial charge in [0.2, 0.25) is 5.91 Å². The third-order valence-corrected chi connectivity index (χ3v) is 5.94. The highest BCUT2D eigenvalue weighted by atomic mass is 16.4. The van der Waals surface area contributed by atoms with Crippen molar-refractivity contribution in [3.8, 4) is 5.88 Å². The first kappa shape index (κ1) is 25.2. The smallest absolute Gasteiger partial charge is 0.488 e. The Morgan fingerprint density at radius 3 is 2.28 bits per heavy atom. The summed E-state index contributed by atoms with van der Waals surface area (Å²) in [6, 6.07) is 21.9. The molecule has 0 aliphatic rings. The Hall–Kier alpha value is -3.92. The summed E-state index contributed by atoms with van der Waals surface area (Å²) in [5.41, 5.74) is 4.19. The van der Waals surface area contributed by atoms with Crippen LogP contribution in [0.2, 0.25) is 0 Å². The van der Waals surface area contributed by atoms with Gasteiger partial charge in [-0.1, -0.05) is 42.5 Å². The molecule has 0 saturated carbocycles. The summed E-state index contributed by atoms with van der Waals surface area (Å²) in [5.74, 6) is -0.102. The summed E-state index contributed by atoms with van der Waals surface area (Å²) >= 11 is 0. The highest BCUT2D eigenvalue weighted by Gasteiger charge is 2.21. The molecule has 1 amide bonds. The second kappa shape index (κ2) is 10.8. The molecule has 4 N–H and O–H groups in total. The highest BCUT2D eigenvalue weighted by molar-refractivity contribution is 6.59. The van der Waals surface area contributed by atoms with Gasteiger partial charge < -0.3 is 29.9 Å². The van der Waals surface area contributed by atoms with Crippen LogP contribution in [0.1, 0.15) is 18.1 Å². The first-order valence-corrected chi connectivity index (χ1v) is 11.6.